The first-order valence-electron chi connectivity index (χ1n) is 0.816. The second kappa shape index (κ2) is 3070. The van der Waals surface area contributed by atoms with E-state index < -0.39 is 0 Å². The summed E-state index contributed by atoms with van der Waals surface area (Å²) in [5.74, 6) is 1.25. The van der Waals surface area contributed by atoms with Crippen molar-refractivity contribution in [3.63, 3.8) is 0 Å². The molecule has 0 saturated heterocycles. The maximum absolute atomic E-state index is 8.57. The highest BCUT2D eigenvalue weighted by molar-refractivity contribution is 5.38. The van der Waals surface area contributed by atoms with Crippen LogP contribution in [0, 0.1) is 11.8 Å². The summed E-state index contributed by atoms with van der Waals surface area (Å²) in [6, 6.07) is 0. The van der Waals surface area contributed by atoms with Crippen molar-refractivity contribution in [2.24, 2.45) is 0 Å². The van der Waals surface area contributed by atoms with E-state index >= 15 is 0 Å². The van der Waals surface area contributed by atoms with Gasteiger partial charge in [-0.25, -0.2) is 10.1 Å². The maximum atomic E-state index is 8.57. The number of hydrogen-bond acceptors (Lipinski definition) is 2. The van der Waals surface area contributed by atoms with E-state index in [4.69, 9.17) is 10.1 Å². The second-order valence-corrected chi connectivity index (χ2v) is 0.144. The van der Waals surface area contributed by atoms with E-state index in [0.29, 0.717) is 0 Å². The van der Waals surface area contributed by atoms with Crippen molar-refractivity contribution in [1.29, 1.82) is 5.26 Å². The summed E-state index contributed by atoms with van der Waals surface area (Å²) in [6.45, 7) is 6.18. The van der Waals surface area contributed by atoms with E-state index in [0.717, 1.165) is 0 Å². The van der Waals surface area contributed by atoms with Crippen LogP contribution in [0.25, 0.3) is 0 Å². The molecule has 0 aromatic rings. The topological polar surface area (TPSA) is 40.9 Å². The number of nitriles is 1. The Labute approximate surface area is 30.3 Å². The number of carbonyl (C=O) groups excluding carboxylic acids is 1. The van der Waals surface area contributed by atoms with Crippen LogP contribution >= 0.6 is 0 Å². The summed E-state index contributed by atoms with van der Waals surface area (Å²) >= 11 is 0. The molecule has 0 aromatic carbocycles. The van der Waals surface area contributed by atoms with Gasteiger partial charge >= 0.3 is 0 Å². The van der Waals surface area contributed by atoms with Gasteiger partial charge in [0.15, 0.2) is 0 Å². The van der Waals surface area contributed by atoms with Gasteiger partial charge in [-0.2, -0.15) is 0 Å². The van der Waals surface area contributed by atoms with Crippen LogP contribution in [0.3, 0.4) is 0 Å². The van der Waals surface area contributed by atoms with Crippen molar-refractivity contribution in [3.05, 3.63) is 6.58 Å². The van der Waals surface area contributed by atoms with Crippen LogP contribution in [0.5, 0.6) is 0 Å². The Bertz CT molecular complexity index is 49.2. The van der Waals surface area contributed by atoms with Crippen molar-refractivity contribution in [3.8, 4) is 6.57 Å². The molecular weight excluding hydrogens is 66.0 g/mol. The Balaban J connectivity index is 0. The molecule has 0 radical (unpaired) electrons. The van der Waals surface area contributed by atoms with E-state index in [9.17, 15) is 0 Å². The minimum atomic E-state index is 1.25. The predicted molar refractivity (Wildman–Crippen MR) is 18.0 cm³/mol. The minimum absolute atomic E-state index is 1.25. The van der Waals surface area contributed by atoms with Gasteiger partial charge in [0.1, 0.15) is 5.94 Å². The third kappa shape index (κ3) is 2.31. The zero-order valence-electron chi connectivity index (χ0n) is 2.64. The van der Waals surface area contributed by atoms with Crippen molar-refractivity contribution >= 4 is 5.94 Å². The molecule has 0 atom stereocenters. The Morgan fingerprint density at radius 3 is 1.80 bits per heavy atom. The van der Waals surface area contributed by atoms with Crippen LogP contribution < -0.4 is 0 Å². The van der Waals surface area contributed by atoms with E-state index in [-0.39, 0.29) is 0 Å². The Kier molecular flexibility index (Phi) is 5560. The molecule has 0 rings (SSSR count). The zero-order chi connectivity index (χ0) is 4.71. The molecule has 0 N–H and O–H groups in total. The molecule has 0 amide bonds. The highest BCUT2D eigenvalue weighted by Crippen LogP contribution is 0.894. The second-order valence-electron chi connectivity index (χ2n) is 0.144. The van der Waals surface area contributed by atoms with Crippen LogP contribution in [0.4, 0.5) is 0 Å². The lowest BCUT2D eigenvalue weighted by atomic mass is 11.2. The van der Waals surface area contributed by atoms with Gasteiger partial charge < -0.3 is 0 Å². The molecule has 0 unspecified atom stereocenters. The molecule has 0 aromatic heterocycles. The molecule has 0 spiro atoms. The SMILES string of the molecule is C#N.C=C=O. The first-order valence-corrected chi connectivity index (χ1v) is 0.816. The minimum Gasteiger partial charge on any atom is -0.234 e. The van der Waals surface area contributed by atoms with Gasteiger partial charge in [0, 0.05) is 6.57 Å². The van der Waals surface area contributed by atoms with Gasteiger partial charge in [-0.3, -0.25) is 0 Å². The molecule has 0 bridgehead atoms. The number of hydrogen-bond donors (Lipinski definition) is 0. The van der Waals surface area contributed by atoms with Gasteiger partial charge in [-0.1, -0.05) is 0 Å². The van der Waals surface area contributed by atoms with Crippen LogP contribution in [-0.2, 0) is 4.79 Å². The molecule has 0 aliphatic rings. The molecule has 0 saturated carbocycles. The summed E-state index contributed by atoms with van der Waals surface area (Å²) in [5, 5.41) is 6.50. The molecule has 2 nitrogen and oxygen atoms in total. The van der Waals surface area contributed by atoms with Gasteiger partial charge in [-0.15, -0.1) is 0 Å². The fourth-order valence-corrected chi connectivity index (χ4v) is 0. The van der Waals surface area contributed by atoms with Crippen molar-refractivity contribution in [2.75, 3.05) is 0 Å². The average Bonchev–Trinajstić information content (AvgIpc) is 1.46. The fourth-order valence-electron chi connectivity index (χ4n) is 0. The fraction of sp³-hybridized carbons (Fsp3) is 0. The lowest BCUT2D eigenvalue weighted by molar-refractivity contribution is 0.569. The van der Waals surface area contributed by atoms with Crippen molar-refractivity contribution < 1.29 is 4.79 Å². The van der Waals surface area contributed by atoms with Gasteiger partial charge in [0.2, 0.25) is 0 Å². The summed E-state index contributed by atoms with van der Waals surface area (Å²) < 4.78 is 0. The number of nitrogens with zero attached hydrogens (tertiary/aromatic N) is 1. The molecule has 26 valence electrons. The standard InChI is InChI=1S/C2H2O.CHN/c1-2-3;1-2/h1H2;1H. The lowest BCUT2D eigenvalue weighted by Crippen LogP contribution is -1.15. The molecular formula is C3H3NO. The highest BCUT2D eigenvalue weighted by atomic mass is 16.1. The molecule has 0 aliphatic heterocycles. The molecule has 0 aliphatic carbocycles. The van der Waals surface area contributed by atoms with Crippen LogP contribution in [0.2, 0.25) is 0 Å². The summed E-state index contributed by atoms with van der Waals surface area (Å²) in [7, 11) is 0. The lowest BCUT2D eigenvalue weighted by Gasteiger charge is -1.02. The van der Waals surface area contributed by atoms with Gasteiger partial charge in [0.05, 0.1) is 0 Å². The van der Waals surface area contributed by atoms with E-state index in [1.807, 2.05) is 0 Å². The quantitative estimate of drug-likeness (QED) is 0.380. The van der Waals surface area contributed by atoms with Crippen LogP contribution in [0.1, 0.15) is 0 Å². The number of rotatable bonds is 0. The molecule has 0 heterocycles. The van der Waals surface area contributed by atoms with Crippen LogP contribution in [0.15, 0.2) is 6.58 Å². The summed E-state index contributed by atoms with van der Waals surface area (Å²) in [6.07, 6.45) is 0. The van der Waals surface area contributed by atoms with E-state index in [1.54, 1.807) is 0 Å². The average molecular weight is 69.1 g/mol. The van der Waals surface area contributed by atoms with E-state index in [1.165, 1.54) is 5.94 Å². The monoisotopic (exact) mass is 69.0 g/mol. The Morgan fingerprint density at radius 1 is 1.80 bits per heavy atom. The Hall–Kier alpha value is -1.06. The largest absolute Gasteiger partial charge is 0.234 e. The summed E-state index contributed by atoms with van der Waals surface area (Å²) in [4.78, 5) is 8.57. The van der Waals surface area contributed by atoms with Crippen molar-refractivity contribution in [1.82, 2.24) is 0 Å². The van der Waals surface area contributed by atoms with Gasteiger partial charge in [0.25, 0.3) is 0 Å². The maximum Gasteiger partial charge on any atom is 0.116 e. The molecule has 2 heteroatoms. The van der Waals surface area contributed by atoms with E-state index in [2.05, 4.69) is 13.2 Å². The van der Waals surface area contributed by atoms with Crippen LogP contribution in [-0.4, -0.2) is 5.94 Å². The Morgan fingerprint density at radius 2 is 1.80 bits per heavy atom. The highest BCUT2D eigenvalue weighted by Gasteiger charge is 1.01. The van der Waals surface area contributed by atoms with Gasteiger partial charge in [-0.05, 0) is 6.58 Å². The smallest absolute Gasteiger partial charge is 0.116 e. The van der Waals surface area contributed by atoms with Crippen molar-refractivity contribution in [2.45, 2.75) is 0 Å². The predicted octanol–water partition coefficient (Wildman–Crippen LogP) is 0.144. The molecule has 5 heavy (non-hydrogen) atoms. The first-order chi connectivity index (χ1) is 2.41. The third-order valence-electron chi connectivity index (χ3n) is 0. The normalized spacial score (nSPS) is 2.00. The first kappa shape index (κ1) is 9.05. The summed E-state index contributed by atoms with van der Waals surface area (Å²) in [5.41, 5.74) is 0. The third-order valence-corrected chi connectivity index (χ3v) is 0. The zero-order valence-corrected chi connectivity index (χ0v) is 2.64. The molecule has 0 fully saturated rings.